The molecule has 4 rings (SSSR count). The van der Waals surface area contributed by atoms with Crippen LogP contribution in [0.2, 0.25) is 0 Å². The van der Waals surface area contributed by atoms with Crippen LogP contribution in [0.5, 0.6) is 5.75 Å². The fraction of sp³-hybridized carbons (Fsp3) is 0.571. The third-order valence-electron chi connectivity index (χ3n) is 6.43. The van der Waals surface area contributed by atoms with Gasteiger partial charge in [0.2, 0.25) is 21.8 Å². The Hall–Kier alpha value is -2.46. The van der Waals surface area contributed by atoms with Crippen molar-refractivity contribution in [3.63, 3.8) is 0 Å². The predicted molar refractivity (Wildman–Crippen MR) is 113 cm³/mol. The van der Waals surface area contributed by atoms with E-state index in [4.69, 9.17) is 9.26 Å². The third kappa shape index (κ3) is 4.06. The highest BCUT2D eigenvalue weighted by molar-refractivity contribution is 7.89. The molecule has 2 fully saturated rings. The molecule has 1 aromatic heterocycles. The van der Waals surface area contributed by atoms with Crippen molar-refractivity contribution < 1.29 is 22.5 Å². The molecule has 2 saturated heterocycles. The Labute approximate surface area is 182 Å². The molecule has 9 nitrogen and oxygen atoms in total. The predicted octanol–water partition coefficient (Wildman–Crippen LogP) is 1.38. The molecule has 2 aromatic rings. The molecule has 2 aliphatic heterocycles. The number of methoxy groups -OCH3 is 1. The summed E-state index contributed by atoms with van der Waals surface area (Å²) in [5.41, 5.74) is 0.412. The minimum Gasteiger partial charge on any atom is -0.497 e. The lowest BCUT2D eigenvalue weighted by Gasteiger charge is -2.25. The van der Waals surface area contributed by atoms with Gasteiger partial charge in [0, 0.05) is 38.5 Å². The van der Waals surface area contributed by atoms with Gasteiger partial charge in [-0.1, -0.05) is 17.3 Å². The monoisotopic (exact) mass is 448 g/mol. The van der Waals surface area contributed by atoms with Crippen molar-refractivity contribution in [3.8, 4) is 5.75 Å². The zero-order valence-electron chi connectivity index (χ0n) is 18.1. The van der Waals surface area contributed by atoms with E-state index in [1.807, 2.05) is 29.2 Å². The highest BCUT2D eigenvalue weighted by Gasteiger charge is 2.59. The van der Waals surface area contributed by atoms with E-state index in [9.17, 15) is 13.2 Å². The number of likely N-dealkylation sites (tertiary alicyclic amines) is 1. The molecule has 168 valence electrons. The fourth-order valence-corrected chi connectivity index (χ4v) is 5.81. The van der Waals surface area contributed by atoms with Crippen molar-refractivity contribution in [2.75, 3.05) is 39.0 Å². The number of carbonyl (C=O) groups is 1. The van der Waals surface area contributed by atoms with Gasteiger partial charge in [-0.15, -0.1) is 0 Å². The maximum absolute atomic E-state index is 13.0. The van der Waals surface area contributed by atoms with Gasteiger partial charge in [-0.25, -0.2) is 12.7 Å². The van der Waals surface area contributed by atoms with Crippen LogP contribution in [-0.2, 0) is 26.7 Å². The van der Waals surface area contributed by atoms with Gasteiger partial charge in [-0.2, -0.15) is 4.98 Å². The molecular formula is C21H28N4O5S. The fourth-order valence-electron chi connectivity index (χ4n) is 4.61. The number of rotatable bonds is 7. The summed E-state index contributed by atoms with van der Waals surface area (Å²) >= 11 is 0. The minimum atomic E-state index is -3.34. The van der Waals surface area contributed by atoms with E-state index >= 15 is 0 Å². The summed E-state index contributed by atoms with van der Waals surface area (Å²) in [5, 5.41) is 3.92. The molecule has 31 heavy (non-hydrogen) atoms. The molecule has 0 spiro atoms. The number of carbonyl (C=O) groups excluding carboxylic acids is 1. The summed E-state index contributed by atoms with van der Waals surface area (Å²) < 4.78 is 37.2. The first-order valence-corrected chi connectivity index (χ1v) is 12.1. The lowest BCUT2D eigenvalue weighted by molar-refractivity contribution is -0.130. The Balaban J connectivity index is 1.49. The summed E-state index contributed by atoms with van der Waals surface area (Å²) in [6.07, 6.45) is 1.02. The maximum Gasteiger partial charge on any atom is 0.236 e. The van der Waals surface area contributed by atoms with Crippen LogP contribution in [0.4, 0.5) is 0 Å². The highest BCUT2D eigenvalue weighted by atomic mass is 32.2. The second-order valence-corrected chi connectivity index (χ2v) is 10.6. The maximum atomic E-state index is 13.0. The SMILES string of the molecule is CCS(=O)(=O)N1CC2CN(C(=O)CCc3ccc(OC)cc3)CC2(c2nc(C)no2)C1. The van der Waals surface area contributed by atoms with Crippen LogP contribution < -0.4 is 4.74 Å². The molecule has 2 unspecified atom stereocenters. The van der Waals surface area contributed by atoms with Crippen molar-refractivity contribution in [3.05, 3.63) is 41.5 Å². The van der Waals surface area contributed by atoms with E-state index in [-0.39, 0.29) is 24.1 Å². The first kappa shape index (κ1) is 21.8. The van der Waals surface area contributed by atoms with Crippen molar-refractivity contribution >= 4 is 15.9 Å². The number of benzene rings is 1. The largest absolute Gasteiger partial charge is 0.497 e. The summed E-state index contributed by atoms with van der Waals surface area (Å²) in [6, 6.07) is 7.69. The standard InChI is InChI=1S/C21H28N4O5S/c1-4-31(27,28)25-12-17-11-24(13-21(17,14-25)20-22-15(2)23-30-20)19(26)10-7-16-5-8-18(29-3)9-6-16/h5-6,8-9,17H,4,7,10-14H2,1-3H3. The Morgan fingerprint density at radius 1 is 1.26 bits per heavy atom. The minimum absolute atomic E-state index is 0.0448. The summed E-state index contributed by atoms with van der Waals surface area (Å²) in [4.78, 5) is 19.2. The molecule has 0 aliphatic carbocycles. The average molecular weight is 449 g/mol. The molecule has 0 radical (unpaired) electrons. The first-order valence-electron chi connectivity index (χ1n) is 10.5. The van der Waals surface area contributed by atoms with E-state index in [0.717, 1.165) is 11.3 Å². The average Bonchev–Trinajstić information content (AvgIpc) is 3.45. The van der Waals surface area contributed by atoms with Crippen LogP contribution in [0, 0.1) is 12.8 Å². The van der Waals surface area contributed by atoms with Crippen LogP contribution in [0.25, 0.3) is 0 Å². The van der Waals surface area contributed by atoms with Crippen LogP contribution in [0.1, 0.15) is 30.6 Å². The number of ether oxygens (including phenoxy) is 1. The molecule has 1 amide bonds. The molecular weight excluding hydrogens is 420 g/mol. The van der Waals surface area contributed by atoms with E-state index in [1.165, 1.54) is 4.31 Å². The number of sulfonamides is 1. The lowest BCUT2D eigenvalue weighted by Crippen LogP contribution is -2.41. The van der Waals surface area contributed by atoms with Gasteiger partial charge in [0.25, 0.3) is 0 Å². The van der Waals surface area contributed by atoms with Crippen LogP contribution >= 0.6 is 0 Å². The van der Waals surface area contributed by atoms with Gasteiger partial charge in [0.15, 0.2) is 5.82 Å². The van der Waals surface area contributed by atoms with Crippen LogP contribution in [-0.4, -0.2) is 72.7 Å². The van der Waals surface area contributed by atoms with Crippen LogP contribution in [0.3, 0.4) is 0 Å². The van der Waals surface area contributed by atoms with Crippen molar-refractivity contribution in [2.24, 2.45) is 5.92 Å². The number of hydrogen-bond donors (Lipinski definition) is 0. The topological polar surface area (TPSA) is 106 Å². The summed E-state index contributed by atoms with van der Waals surface area (Å²) in [5.74, 6) is 1.73. The van der Waals surface area contributed by atoms with Gasteiger partial charge in [0.1, 0.15) is 5.75 Å². The van der Waals surface area contributed by atoms with Crippen LogP contribution in [0.15, 0.2) is 28.8 Å². The van der Waals surface area contributed by atoms with E-state index in [1.54, 1.807) is 21.0 Å². The zero-order chi connectivity index (χ0) is 22.2. The summed E-state index contributed by atoms with van der Waals surface area (Å²) in [7, 11) is -1.72. The van der Waals surface area contributed by atoms with Crippen molar-refractivity contribution in [1.29, 1.82) is 0 Å². The highest BCUT2D eigenvalue weighted by Crippen LogP contribution is 2.45. The number of amides is 1. The normalized spacial score (nSPS) is 23.8. The number of hydrogen-bond acceptors (Lipinski definition) is 7. The molecule has 0 saturated carbocycles. The molecule has 2 atom stereocenters. The molecule has 0 bridgehead atoms. The van der Waals surface area contributed by atoms with Crippen molar-refractivity contribution in [1.82, 2.24) is 19.3 Å². The van der Waals surface area contributed by atoms with Gasteiger partial charge < -0.3 is 14.2 Å². The van der Waals surface area contributed by atoms with Gasteiger partial charge in [0.05, 0.1) is 18.3 Å². The Kier molecular flexibility index (Phi) is 5.78. The molecule has 10 heteroatoms. The van der Waals surface area contributed by atoms with Gasteiger partial charge in [-0.3, -0.25) is 4.79 Å². The van der Waals surface area contributed by atoms with Gasteiger partial charge >= 0.3 is 0 Å². The second kappa shape index (κ2) is 8.23. The number of fused-ring (bicyclic) bond motifs is 1. The zero-order valence-corrected chi connectivity index (χ0v) is 18.9. The van der Waals surface area contributed by atoms with E-state index in [0.29, 0.717) is 44.2 Å². The summed E-state index contributed by atoms with van der Waals surface area (Å²) in [6.45, 7) is 4.87. The molecule has 0 N–H and O–H groups in total. The Bertz CT molecular complexity index is 1050. The smallest absolute Gasteiger partial charge is 0.236 e. The van der Waals surface area contributed by atoms with Crippen molar-refractivity contribution in [2.45, 2.75) is 32.1 Å². The quantitative estimate of drug-likeness (QED) is 0.630. The molecule has 2 aliphatic rings. The molecule has 3 heterocycles. The number of aryl methyl sites for hydroxylation is 2. The van der Waals surface area contributed by atoms with E-state index < -0.39 is 15.4 Å². The second-order valence-electron chi connectivity index (χ2n) is 8.32. The van der Waals surface area contributed by atoms with Gasteiger partial charge in [-0.05, 0) is 38.0 Å². The Morgan fingerprint density at radius 3 is 2.61 bits per heavy atom. The number of nitrogens with zero attached hydrogens (tertiary/aromatic N) is 4. The molecule has 1 aromatic carbocycles. The lowest BCUT2D eigenvalue weighted by atomic mass is 9.81. The third-order valence-corrected chi connectivity index (χ3v) is 8.22. The number of aromatic nitrogens is 2. The Morgan fingerprint density at radius 2 is 2.00 bits per heavy atom. The van der Waals surface area contributed by atoms with E-state index in [2.05, 4.69) is 10.1 Å². The first-order chi connectivity index (χ1) is 14.8.